The van der Waals surface area contributed by atoms with Gasteiger partial charge in [0.25, 0.3) is 17.6 Å². The van der Waals surface area contributed by atoms with Crippen LogP contribution >= 0.6 is 0 Å². The molecule has 0 radical (unpaired) electrons. The lowest BCUT2D eigenvalue weighted by molar-refractivity contribution is -0.112. The van der Waals surface area contributed by atoms with Crippen molar-refractivity contribution < 1.29 is 18.8 Å². The maximum Gasteiger partial charge on any atom is 0.296 e. The third kappa shape index (κ3) is 4.75. The van der Waals surface area contributed by atoms with Gasteiger partial charge in [-0.25, -0.2) is 9.07 Å². The zero-order chi connectivity index (χ0) is 24.2. The molecule has 4 rings (SSSR count). The molecule has 0 atom stereocenters. The van der Waals surface area contributed by atoms with Crippen LogP contribution in [0.25, 0.3) is 5.69 Å². The Morgan fingerprint density at radius 3 is 2.21 bits per heavy atom. The van der Waals surface area contributed by atoms with Gasteiger partial charge in [0.1, 0.15) is 5.82 Å². The number of aromatic nitrogens is 2. The van der Waals surface area contributed by atoms with Crippen molar-refractivity contribution in [3.63, 3.8) is 0 Å². The second-order valence-corrected chi connectivity index (χ2v) is 7.62. The maximum absolute atomic E-state index is 13.4. The average molecular weight is 456 g/mol. The molecule has 0 bridgehead atoms. The number of halogens is 1. The Hall–Kier alpha value is -4.59. The summed E-state index contributed by atoms with van der Waals surface area (Å²) in [4.78, 5) is 38.2. The first-order chi connectivity index (χ1) is 16.3. The van der Waals surface area contributed by atoms with Crippen molar-refractivity contribution in [3.05, 3.63) is 107 Å². The summed E-state index contributed by atoms with van der Waals surface area (Å²) in [5, 5.41) is 9.55. The van der Waals surface area contributed by atoms with Gasteiger partial charge in [0.05, 0.1) is 22.6 Å². The predicted octanol–water partition coefficient (Wildman–Crippen LogP) is 4.70. The number of anilines is 2. The van der Waals surface area contributed by atoms with Gasteiger partial charge in [-0.05, 0) is 62.4 Å². The zero-order valence-electron chi connectivity index (χ0n) is 18.5. The first-order valence-electron chi connectivity index (χ1n) is 10.5. The average Bonchev–Trinajstić information content (AvgIpc) is 3.13. The molecule has 34 heavy (non-hydrogen) atoms. The van der Waals surface area contributed by atoms with Crippen molar-refractivity contribution >= 4 is 29.0 Å². The van der Waals surface area contributed by atoms with Crippen LogP contribution in [0.3, 0.4) is 0 Å². The van der Waals surface area contributed by atoms with E-state index in [1.807, 2.05) is 30.3 Å². The Balaban J connectivity index is 1.51. The van der Waals surface area contributed by atoms with Crippen LogP contribution in [0.5, 0.6) is 0 Å². The number of rotatable bonds is 6. The quantitative estimate of drug-likeness (QED) is 0.325. The van der Waals surface area contributed by atoms with Crippen molar-refractivity contribution in [2.24, 2.45) is 0 Å². The van der Waals surface area contributed by atoms with Crippen LogP contribution in [0.2, 0.25) is 0 Å². The van der Waals surface area contributed by atoms with Crippen molar-refractivity contribution in [3.8, 4) is 5.69 Å². The Bertz CT molecular complexity index is 1400. The van der Waals surface area contributed by atoms with Crippen molar-refractivity contribution in [2.75, 3.05) is 10.6 Å². The molecule has 0 fully saturated rings. The van der Waals surface area contributed by atoms with E-state index in [0.717, 1.165) is 5.69 Å². The van der Waals surface area contributed by atoms with E-state index in [1.165, 1.54) is 24.3 Å². The lowest BCUT2D eigenvalue weighted by Crippen LogP contribution is -2.24. The normalized spacial score (nSPS) is 10.6. The van der Waals surface area contributed by atoms with Gasteiger partial charge < -0.3 is 10.6 Å². The fraction of sp³-hybridized carbons (Fsp3) is 0.0769. The smallest absolute Gasteiger partial charge is 0.296 e. The van der Waals surface area contributed by atoms with Crippen molar-refractivity contribution in [1.29, 1.82) is 0 Å². The standard InChI is InChI=1S/C26H21FN4O3/c1-16-23(17(2)31(30-16)22-12-4-3-5-13-22)24(32)26(34)29-20-10-6-8-18(14-20)25(33)28-21-11-7-9-19(27)15-21/h3-15H,1-2H3,(H,28,33)(H,29,34). The summed E-state index contributed by atoms with van der Waals surface area (Å²) in [6.07, 6.45) is 0. The second kappa shape index (κ2) is 9.50. The number of benzene rings is 3. The van der Waals surface area contributed by atoms with E-state index in [0.29, 0.717) is 17.1 Å². The summed E-state index contributed by atoms with van der Waals surface area (Å²) in [6, 6.07) is 20.9. The van der Waals surface area contributed by atoms with Crippen LogP contribution in [0.15, 0.2) is 78.9 Å². The molecule has 0 saturated heterocycles. The molecule has 0 aliphatic heterocycles. The second-order valence-electron chi connectivity index (χ2n) is 7.62. The molecule has 2 amide bonds. The minimum absolute atomic E-state index is 0.223. The monoisotopic (exact) mass is 456 g/mol. The number of nitrogens with zero attached hydrogens (tertiary/aromatic N) is 2. The lowest BCUT2D eigenvalue weighted by Gasteiger charge is -2.09. The van der Waals surface area contributed by atoms with E-state index in [2.05, 4.69) is 15.7 Å². The molecule has 1 aromatic heterocycles. The van der Waals surface area contributed by atoms with Gasteiger partial charge in [0.2, 0.25) is 0 Å². The minimum Gasteiger partial charge on any atom is -0.322 e. The van der Waals surface area contributed by atoms with Crippen LogP contribution in [0.4, 0.5) is 15.8 Å². The Morgan fingerprint density at radius 2 is 1.50 bits per heavy atom. The number of hydrogen-bond acceptors (Lipinski definition) is 4. The highest BCUT2D eigenvalue weighted by Crippen LogP contribution is 2.20. The molecular formula is C26H21FN4O3. The highest BCUT2D eigenvalue weighted by Gasteiger charge is 2.25. The SMILES string of the molecule is Cc1nn(-c2ccccc2)c(C)c1C(=O)C(=O)Nc1cccc(C(=O)Nc2cccc(F)c2)c1. The number of amides is 2. The number of carbonyl (C=O) groups excluding carboxylic acids is 3. The van der Waals surface area contributed by atoms with Crippen LogP contribution in [0, 0.1) is 19.7 Å². The summed E-state index contributed by atoms with van der Waals surface area (Å²) >= 11 is 0. The summed E-state index contributed by atoms with van der Waals surface area (Å²) in [5.41, 5.74) is 2.79. The fourth-order valence-corrected chi connectivity index (χ4v) is 3.60. The van der Waals surface area contributed by atoms with Crippen molar-refractivity contribution in [1.82, 2.24) is 9.78 Å². The Labute approximate surface area is 195 Å². The molecule has 0 unspecified atom stereocenters. The van der Waals surface area contributed by atoms with Gasteiger partial charge in [-0.3, -0.25) is 14.4 Å². The number of hydrogen-bond donors (Lipinski definition) is 2. The number of Topliss-reactive ketones (excluding diaryl/α,β-unsaturated/α-hetero) is 1. The number of carbonyl (C=O) groups is 3. The van der Waals surface area contributed by atoms with Crippen LogP contribution in [0.1, 0.15) is 32.1 Å². The first kappa shape index (κ1) is 22.6. The highest BCUT2D eigenvalue weighted by molar-refractivity contribution is 6.47. The molecule has 170 valence electrons. The van der Waals surface area contributed by atoms with E-state index in [-0.39, 0.29) is 16.8 Å². The maximum atomic E-state index is 13.4. The highest BCUT2D eigenvalue weighted by atomic mass is 19.1. The zero-order valence-corrected chi connectivity index (χ0v) is 18.5. The Morgan fingerprint density at radius 1 is 0.824 bits per heavy atom. The van der Waals surface area contributed by atoms with E-state index in [1.54, 1.807) is 42.8 Å². The molecule has 7 nitrogen and oxygen atoms in total. The molecule has 1 heterocycles. The van der Waals surface area contributed by atoms with Crippen molar-refractivity contribution in [2.45, 2.75) is 13.8 Å². The molecular weight excluding hydrogens is 435 g/mol. The van der Waals surface area contributed by atoms with Crippen LogP contribution in [-0.4, -0.2) is 27.4 Å². The fourth-order valence-electron chi connectivity index (χ4n) is 3.60. The summed E-state index contributed by atoms with van der Waals surface area (Å²) in [6.45, 7) is 3.40. The third-order valence-electron chi connectivity index (χ3n) is 5.19. The molecule has 3 aromatic carbocycles. The Kier molecular flexibility index (Phi) is 6.31. The summed E-state index contributed by atoms with van der Waals surface area (Å²) in [7, 11) is 0. The predicted molar refractivity (Wildman–Crippen MR) is 127 cm³/mol. The third-order valence-corrected chi connectivity index (χ3v) is 5.19. The first-order valence-corrected chi connectivity index (χ1v) is 10.5. The van der Waals surface area contributed by atoms with Crippen LogP contribution in [-0.2, 0) is 4.79 Å². The number of nitrogens with one attached hydrogen (secondary N) is 2. The van der Waals surface area contributed by atoms with E-state index >= 15 is 0 Å². The summed E-state index contributed by atoms with van der Waals surface area (Å²) < 4.78 is 15.0. The van der Waals surface area contributed by atoms with Gasteiger partial charge in [-0.2, -0.15) is 5.10 Å². The van der Waals surface area contributed by atoms with Crippen LogP contribution < -0.4 is 10.6 Å². The molecule has 8 heteroatoms. The molecule has 0 aliphatic rings. The van der Waals surface area contributed by atoms with E-state index in [4.69, 9.17) is 0 Å². The summed E-state index contributed by atoms with van der Waals surface area (Å²) in [5.74, 6) is -2.53. The van der Waals surface area contributed by atoms with Gasteiger partial charge in [0.15, 0.2) is 0 Å². The number of aryl methyl sites for hydroxylation is 1. The largest absolute Gasteiger partial charge is 0.322 e. The van der Waals surface area contributed by atoms with E-state index in [9.17, 15) is 18.8 Å². The number of ketones is 1. The molecule has 0 aliphatic carbocycles. The molecule has 0 spiro atoms. The van der Waals surface area contributed by atoms with Gasteiger partial charge in [0, 0.05) is 16.9 Å². The minimum atomic E-state index is -0.846. The lowest BCUT2D eigenvalue weighted by atomic mass is 10.1. The molecule has 0 saturated carbocycles. The van der Waals surface area contributed by atoms with E-state index < -0.39 is 23.4 Å². The van der Waals surface area contributed by atoms with Gasteiger partial charge in [-0.15, -0.1) is 0 Å². The van der Waals surface area contributed by atoms with Gasteiger partial charge in [-0.1, -0.05) is 30.3 Å². The molecule has 4 aromatic rings. The molecule has 2 N–H and O–H groups in total. The van der Waals surface area contributed by atoms with Gasteiger partial charge >= 0.3 is 0 Å². The number of para-hydroxylation sites is 1. The topological polar surface area (TPSA) is 93.1 Å².